The number of halogens is 1. The van der Waals surface area contributed by atoms with E-state index in [0.717, 1.165) is 16.8 Å². The fourth-order valence-corrected chi connectivity index (χ4v) is 2.80. The standard InChI is InChI=1S/C22H22ClNO2/c1-16-8-10-17(11-9-16)15-26-22-13-20(23)18(12-21(22)25-2)14-24-19-6-4-3-5-7-19/h3-13,24H,14-15H2,1-2H3. The Morgan fingerprint density at radius 3 is 2.35 bits per heavy atom. The molecule has 0 aromatic heterocycles. The molecule has 3 aromatic carbocycles. The maximum Gasteiger partial charge on any atom is 0.163 e. The lowest BCUT2D eigenvalue weighted by atomic mass is 10.1. The van der Waals surface area contributed by atoms with E-state index in [9.17, 15) is 0 Å². The largest absolute Gasteiger partial charge is 0.493 e. The molecule has 0 atom stereocenters. The van der Waals surface area contributed by atoms with Crippen molar-refractivity contribution in [3.05, 3.63) is 88.4 Å². The van der Waals surface area contributed by atoms with Gasteiger partial charge in [-0.05, 0) is 36.2 Å². The van der Waals surface area contributed by atoms with Crippen molar-refractivity contribution in [2.45, 2.75) is 20.1 Å². The van der Waals surface area contributed by atoms with Gasteiger partial charge in [0, 0.05) is 23.3 Å². The molecule has 0 amide bonds. The predicted octanol–water partition coefficient (Wildman–Crippen LogP) is 5.85. The minimum atomic E-state index is 0.467. The van der Waals surface area contributed by atoms with Gasteiger partial charge < -0.3 is 14.8 Å². The lowest BCUT2D eigenvalue weighted by molar-refractivity contribution is 0.284. The molecule has 0 radical (unpaired) electrons. The summed E-state index contributed by atoms with van der Waals surface area (Å²) in [6.07, 6.45) is 0. The van der Waals surface area contributed by atoms with E-state index in [0.29, 0.717) is 29.7 Å². The molecule has 0 unspecified atom stereocenters. The Hall–Kier alpha value is -2.65. The van der Waals surface area contributed by atoms with Crippen molar-refractivity contribution in [3.8, 4) is 11.5 Å². The highest BCUT2D eigenvalue weighted by Crippen LogP contribution is 2.34. The van der Waals surface area contributed by atoms with Crippen molar-refractivity contribution in [2.75, 3.05) is 12.4 Å². The molecule has 0 bridgehead atoms. The average molecular weight is 368 g/mol. The third kappa shape index (κ3) is 4.70. The zero-order valence-electron chi connectivity index (χ0n) is 15.0. The Labute approximate surface area is 159 Å². The van der Waals surface area contributed by atoms with Gasteiger partial charge in [-0.1, -0.05) is 59.6 Å². The van der Waals surface area contributed by atoms with Crippen molar-refractivity contribution in [1.82, 2.24) is 0 Å². The number of hydrogen-bond donors (Lipinski definition) is 1. The molecule has 1 N–H and O–H groups in total. The number of rotatable bonds is 7. The molecule has 0 saturated heterocycles. The van der Waals surface area contributed by atoms with E-state index in [1.165, 1.54) is 5.56 Å². The first-order chi connectivity index (χ1) is 12.7. The van der Waals surface area contributed by atoms with Gasteiger partial charge in [-0.2, -0.15) is 0 Å². The molecular formula is C22H22ClNO2. The van der Waals surface area contributed by atoms with E-state index in [1.807, 2.05) is 42.5 Å². The summed E-state index contributed by atoms with van der Waals surface area (Å²) in [5.41, 5.74) is 4.32. The van der Waals surface area contributed by atoms with Crippen LogP contribution in [0.15, 0.2) is 66.7 Å². The minimum absolute atomic E-state index is 0.467. The molecule has 0 spiro atoms. The van der Waals surface area contributed by atoms with E-state index in [2.05, 4.69) is 36.5 Å². The van der Waals surface area contributed by atoms with Gasteiger partial charge >= 0.3 is 0 Å². The molecular weight excluding hydrogens is 346 g/mol. The number of aryl methyl sites for hydroxylation is 1. The summed E-state index contributed by atoms with van der Waals surface area (Å²) in [4.78, 5) is 0. The van der Waals surface area contributed by atoms with Crippen molar-refractivity contribution in [1.29, 1.82) is 0 Å². The van der Waals surface area contributed by atoms with Crippen LogP contribution in [0.3, 0.4) is 0 Å². The second-order valence-electron chi connectivity index (χ2n) is 6.09. The number of ether oxygens (including phenoxy) is 2. The van der Waals surface area contributed by atoms with Gasteiger partial charge in [0.05, 0.1) is 7.11 Å². The molecule has 0 aliphatic rings. The maximum atomic E-state index is 6.45. The number of benzene rings is 3. The van der Waals surface area contributed by atoms with Crippen molar-refractivity contribution >= 4 is 17.3 Å². The Morgan fingerprint density at radius 2 is 1.65 bits per heavy atom. The van der Waals surface area contributed by atoms with Gasteiger partial charge in [0.15, 0.2) is 11.5 Å². The molecule has 0 aliphatic carbocycles. The molecule has 134 valence electrons. The van der Waals surface area contributed by atoms with Crippen molar-refractivity contribution < 1.29 is 9.47 Å². The fourth-order valence-electron chi connectivity index (χ4n) is 2.58. The number of nitrogens with one attached hydrogen (secondary N) is 1. The van der Waals surface area contributed by atoms with Crippen LogP contribution in [-0.2, 0) is 13.2 Å². The summed E-state index contributed by atoms with van der Waals surface area (Å²) in [5, 5.41) is 4.00. The minimum Gasteiger partial charge on any atom is -0.493 e. The van der Waals surface area contributed by atoms with E-state index in [4.69, 9.17) is 21.1 Å². The Balaban J connectivity index is 1.70. The number of para-hydroxylation sites is 1. The summed E-state index contributed by atoms with van der Waals surface area (Å²) >= 11 is 6.45. The molecule has 0 aliphatic heterocycles. The normalized spacial score (nSPS) is 10.4. The monoisotopic (exact) mass is 367 g/mol. The van der Waals surface area contributed by atoms with Gasteiger partial charge in [-0.3, -0.25) is 0 Å². The first-order valence-corrected chi connectivity index (χ1v) is 8.87. The highest BCUT2D eigenvalue weighted by atomic mass is 35.5. The lowest BCUT2D eigenvalue weighted by Gasteiger charge is -2.15. The zero-order valence-corrected chi connectivity index (χ0v) is 15.7. The third-order valence-electron chi connectivity index (χ3n) is 4.10. The van der Waals surface area contributed by atoms with Crippen molar-refractivity contribution in [2.24, 2.45) is 0 Å². The molecule has 4 heteroatoms. The predicted molar refractivity (Wildman–Crippen MR) is 107 cm³/mol. The van der Waals surface area contributed by atoms with Gasteiger partial charge in [0.2, 0.25) is 0 Å². The first kappa shape index (κ1) is 18.2. The molecule has 3 aromatic rings. The van der Waals surface area contributed by atoms with Crippen LogP contribution in [0.2, 0.25) is 5.02 Å². The summed E-state index contributed by atoms with van der Waals surface area (Å²) < 4.78 is 11.4. The summed E-state index contributed by atoms with van der Waals surface area (Å²) in [5.74, 6) is 1.31. The molecule has 26 heavy (non-hydrogen) atoms. The summed E-state index contributed by atoms with van der Waals surface area (Å²) in [7, 11) is 1.64. The SMILES string of the molecule is COc1cc(CNc2ccccc2)c(Cl)cc1OCc1ccc(C)cc1. The number of anilines is 1. The van der Waals surface area contributed by atoms with Gasteiger partial charge in [0.25, 0.3) is 0 Å². The van der Waals surface area contributed by atoms with Crippen LogP contribution in [0.5, 0.6) is 11.5 Å². The highest BCUT2D eigenvalue weighted by molar-refractivity contribution is 6.31. The molecule has 0 saturated carbocycles. The fraction of sp³-hybridized carbons (Fsp3) is 0.182. The molecule has 0 fully saturated rings. The van der Waals surface area contributed by atoms with Gasteiger partial charge in [-0.25, -0.2) is 0 Å². The van der Waals surface area contributed by atoms with Crippen LogP contribution >= 0.6 is 11.6 Å². The Morgan fingerprint density at radius 1 is 0.923 bits per heavy atom. The Kier molecular flexibility index (Phi) is 6.03. The average Bonchev–Trinajstić information content (AvgIpc) is 2.67. The summed E-state index contributed by atoms with van der Waals surface area (Å²) in [6, 6.07) is 22.0. The third-order valence-corrected chi connectivity index (χ3v) is 4.46. The lowest BCUT2D eigenvalue weighted by Crippen LogP contribution is -2.03. The topological polar surface area (TPSA) is 30.5 Å². The van der Waals surface area contributed by atoms with E-state index >= 15 is 0 Å². The van der Waals surface area contributed by atoms with E-state index in [-0.39, 0.29) is 0 Å². The van der Waals surface area contributed by atoms with E-state index < -0.39 is 0 Å². The second kappa shape index (κ2) is 8.63. The number of hydrogen-bond acceptors (Lipinski definition) is 3. The van der Waals surface area contributed by atoms with Crippen LogP contribution in [-0.4, -0.2) is 7.11 Å². The van der Waals surface area contributed by atoms with Crippen molar-refractivity contribution in [3.63, 3.8) is 0 Å². The van der Waals surface area contributed by atoms with E-state index in [1.54, 1.807) is 7.11 Å². The van der Waals surface area contributed by atoms with Crippen LogP contribution < -0.4 is 14.8 Å². The second-order valence-corrected chi connectivity index (χ2v) is 6.50. The number of methoxy groups -OCH3 is 1. The van der Waals surface area contributed by atoms with Crippen LogP contribution in [0.1, 0.15) is 16.7 Å². The quantitative estimate of drug-likeness (QED) is 0.568. The molecule has 3 rings (SSSR count). The van der Waals surface area contributed by atoms with Crippen LogP contribution in [0, 0.1) is 6.92 Å². The molecule has 0 heterocycles. The van der Waals surface area contributed by atoms with Crippen LogP contribution in [0.25, 0.3) is 0 Å². The first-order valence-electron chi connectivity index (χ1n) is 8.49. The van der Waals surface area contributed by atoms with Gasteiger partial charge in [-0.15, -0.1) is 0 Å². The molecule has 3 nitrogen and oxygen atoms in total. The summed E-state index contributed by atoms with van der Waals surface area (Å²) in [6.45, 7) is 3.14. The zero-order chi connectivity index (χ0) is 18.4. The Bertz CT molecular complexity index is 848. The smallest absolute Gasteiger partial charge is 0.163 e. The maximum absolute atomic E-state index is 6.45. The highest BCUT2D eigenvalue weighted by Gasteiger charge is 2.11. The van der Waals surface area contributed by atoms with Crippen LogP contribution in [0.4, 0.5) is 5.69 Å². The van der Waals surface area contributed by atoms with Gasteiger partial charge in [0.1, 0.15) is 6.61 Å².